The summed E-state index contributed by atoms with van der Waals surface area (Å²) in [6.07, 6.45) is 4.05. The normalized spacial score (nSPS) is 13.1. The molecule has 1 aromatic heterocycles. The lowest BCUT2D eigenvalue weighted by atomic mass is 10.2. The largest absolute Gasteiger partial charge is 0.399 e. The Hall–Kier alpha value is -1.16. The molecular formula is C12H17N3S. The molecule has 0 aliphatic carbocycles. The fraction of sp³-hybridized carbons (Fsp3) is 0.417. The van der Waals surface area contributed by atoms with Crippen LogP contribution < -0.4 is 5.73 Å². The molecular weight excluding hydrogens is 218 g/mol. The number of nitrogens with zero attached hydrogens (tertiary/aromatic N) is 2. The summed E-state index contributed by atoms with van der Waals surface area (Å²) in [6.45, 7) is 3.28. The van der Waals surface area contributed by atoms with E-state index in [-0.39, 0.29) is 0 Å². The van der Waals surface area contributed by atoms with Gasteiger partial charge in [0.15, 0.2) is 0 Å². The first-order valence-corrected chi connectivity index (χ1v) is 6.79. The molecule has 3 nitrogen and oxygen atoms in total. The number of benzene rings is 1. The Kier molecular flexibility index (Phi) is 3.39. The predicted molar refractivity (Wildman–Crippen MR) is 71.7 cm³/mol. The minimum absolute atomic E-state index is 0.657. The highest BCUT2D eigenvalue weighted by molar-refractivity contribution is 7.98. The molecule has 0 spiro atoms. The maximum Gasteiger partial charge on any atom is 0.0958 e. The zero-order valence-corrected chi connectivity index (χ0v) is 10.5. The highest BCUT2D eigenvalue weighted by Crippen LogP contribution is 2.18. The molecule has 2 aromatic rings. The molecule has 1 unspecified atom stereocenters. The molecule has 4 heteroatoms. The van der Waals surface area contributed by atoms with E-state index in [9.17, 15) is 0 Å². The third-order valence-corrected chi connectivity index (χ3v) is 3.51. The van der Waals surface area contributed by atoms with Gasteiger partial charge in [0, 0.05) is 12.2 Å². The second-order valence-electron chi connectivity index (χ2n) is 4.21. The van der Waals surface area contributed by atoms with E-state index in [1.807, 2.05) is 36.3 Å². The molecule has 16 heavy (non-hydrogen) atoms. The Labute approximate surface area is 100 Å². The van der Waals surface area contributed by atoms with Crippen molar-refractivity contribution < 1.29 is 0 Å². The van der Waals surface area contributed by atoms with Crippen LogP contribution in [0.5, 0.6) is 0 Å². The van der Waals surface area contributed by atoms with Gasteiger partial charge in [0.2, 0.25) is 0 Å². The number of aromatic nitrogens is 2. The molecule has 0 aliphatic rings. The summed E-state index contributed by atoms with van der Waals surface area (Å²) in [6, 6.07) is 5.90. The molecule has 2 N–H and O–H groups in total. The van der Waals surface area contributed by atoms with Crippen LogP contribution >= 0.6 is 11.8 Å². The quantitative estimate of drug-likeness (QED) is 0.828. The third-order valence-electron chi connectivity index (χ3n) is 2.60. The van der Waals surface area contributed by atoms with Crippen molar-refractivity contribution >= 4 is 28.5 Å². The van der Waals surface area contributed by atoms with Crippen molar-refractivity contribution in [2.45, 2.75) is 13.5 Å². The second-order valence-corrected chi connectivity index (χ2v) is 5.12. The van der Waals surface area contributed by atoms with Crippen LogP contribution in [0.1, 0.15) is 6.92 Å². The molecule has 1 heterocycles. The Morgan fingerprint density at radius 3 is 3.06 bits per heavy atom. The van der Waals surface area contributed by atoms with Crippen molar-refractivity contribution in [2.24, 2.45) is 5.92 Å². The molecule has 0 saturated carbocycles. The smallest absolute Gasteiger partial charge is 0.0958 e. The summed E-state index contributed by atoms with van der Waals surface area (Å²) in [7, 11) is 0. The third kappa shape index (κ3) is 2.32. The molecule has 0 saturated heterocycles. The Bertz CT molecular complexity index is 478. The summed E-state index contributed by atoms with van der Waals surface area (Å²) in [5.74, 6) is 1.83. The summed E-state index contributed by atoms with van der Waals surface area (Å²) in [5, 5.41) is 0. The summed E-state index contributed by atoms with van der Waals surface area (Å²) in [5.41, 5.74) is 8.65. The van der Waals surface area contributed by atoms with E-state index in [0.29, 0.717) is 5.92 Å². The van der Waals surface area contributed by atoms with Crippen LogP contribution in [0.4, 0.5) is 5.69 Å². The van der Waals surface area contributed by atoms with Crippen LogP contribution in [0, 0.1) is 5.92 Å². The predicted octanol–water partition coefficient (Wildman–Crippen LogP) is 2.62. The van der Waals surface area contributed by atoms with Crippen molar-refractivity contribution in [3.8, 4) is 0 Å². The molecule has 0 fully saturated rings. The number of hydrogen-bond acceptors (Lipinski definition) is 3. The van der Waals surface area contributed by atoms with E-state index in [0.717, 1.165) is 17.7 Å². The van der Waals surface area contributed by atoms with Crippen molar-refractivity contribution in [1.82, 2.24) is 9.55 Å². The van der Waals surface area contributed by atoms with Gasteiger partial charge in [0.05, 0.1) is 17.4 Å². The van der Waals surface area contributed by atoms with E-state index >= 15 is 0 Å². The fourth-order valence-corrected chi connectivity index (χ4v) is 2.57. The molecule has 86 valence electrons. The van der Waals surface area contributed by atoms with Crippen molar-refractivity contribution in [3.05, 3.63) is 24.5 Å². The molecule has 1 aromatic carbocycles. The van der Waals surface area contributed by atoms with Gasteiger partial charge in [-0.05, 0) is 36.1 Å². The van der Waals surface area contributed by atoms with Gasteiger partial charge in [0.25, 0.3) is 0 Å². The van der Waals surface area contributed by atoms with Gasteiger partial charge in [-0.1, -0.05) is 6.92 Å². The van der Waals surface area contributed by atoms with Gasteiger partial charge in [0.1, 0.15) is 0 Å². The number of anilines is 1. The SMILES string of the molecule is CSCC(C)Cn1cnc2cc(N)ccc21. The molecule has 0 bridgehead atoms. The first-order chi connectivity index (χ1) is 7.70. The van der Waals surface area contributed by atoms with Crippen LogP contribution in [-0.2, 0) is 6.54 Å². The lowest BCUT2D eigenvalue weighted by Gasteiger charge is -2.11. The first-order valence-electron chi connectivity index (χ1n) is 5.40. The van der Waals surface area contributed by atoms with Gasteiger partial charge in [-0.2, -0.15) is 11.8 Å². The number of nitrogen functional groups attached to an aromatic ring is 1. The summed E-state index contributed by atoms with van der Waals surface area (Å²) in [4.78, 5) is 4.37. The Balaban J connectivity index is 2.25. The van der Waals surface area contributed by atoms with Crippen LogP contribution in [0.25, 0.3) is 11.0 Å². The van der Waals surface area contributed by atoms with E-state index in [4.69, 9.17) is 5.73 Å². The van der Waals surface area contributed by atoms with Gasteiger partial charge in [-0.15, -0.1) is 0 Å². The molecule has 2 rings (SSSR count). The maximum absolute atomic E-state index is 5.73. The summed E-state index contributed by atoms with van der Waals surface area (Å²) < 4.78 is 2.20. The van der Waals surface area contributed by atoms with Gasteiger partial charge in [-0.3, -0.25) is 0 Å². The zero-order chi connectivity index (χ0) is 11.5. The number of hydrogen-bond donors (Lipinski definition) is 1. The van der Waals surface area contributed by atoms with Crippen LogP contribution in [-0.4, -0.2) is 21.6 Å². The molecule has 0 radical (unpaired) electrons. The minimum Gasteiger partial charge on any atom is -0.399 e. The first kappa shape index (κ1) is 11.3. The van der Waals surface area contributed by atoms with Crippen molar-refractivity contribution in [1.29, 1.82) is 0 Å². The van der Waals surface area contributed by atoms with Gasteiger partial charge in [-0.25, -0.2) is 4.98 Å². The number of imidazole rings is 1. The zero-order valence-electron chi connectivity index (χ0n) is 9.68. The van der Waals surface area contributed by atoms with Gasteiger partial charge >= 0.3 is 0 Å². The highest BCUT2D eigenvalue weighted by atomic mass is 32.2. The number of rotatable bonds is 4. The van der Waals surface area contributed by atoms with E-state index in [1.165, 1.54) is 11.3 Å². The number of nitrogens with two attached hydrogens (primary N) is 1. The van der Waals surface area contributed by atoms with Crippen LogP contribution in [0.15, 0.2) is 24.5 Å². The summed E-state index contributed by atoms with van der Waals surface area (Å²) >= 11 is 1.89. The number of fused-ring (bicyclic) bond motifs is 1. The molecule has 0 aliphatic heterocycles. The molecule has 0 amide bonds. The van der Waals surface area contributed by atoms with E-state index < -0.39 is 0 Å². The van der Waals surface area contributed by atoms with E-state index in [2.05, 4.69) is 22.7 Å². The average Bonchev–Trinajstić information content (AvgIpc) is 2.61. The lowest BCUT2D eigenvalue weighted by molar-refractivity contribution is 0.541. The second kappa shape index (κ2) is 4.78. The standard InChI is InChI=1S/C12H17N3S/c1-9(7-16-2)6-15-8-14-11-5-10(13)3-4-12(11)15/h3-5,8-9H,6-7,13H2,1-2H3. The number of thioether (sulfide) groups is 1. The maximum atomic E-state index is 5.73. The van der Waals surface area contributed by atoms with Crippen molar-refractivity contribution in [3.63, 3.8) is 0 Å². The van der Waals surface area contributed by atoms with E-state index in [1.54, 1.807) is 0 Å². The Morgan fingerprint density at radius 1 is 1.50 bits per heavy atom. The lowest BCUT2D eigenvalue weighted by Crippen LogP contribution is -2.08. The van der Waals surface area contributed by atoms with Crippen molar-refractivity contribution in [2.75, 3.05) is 17.7 Å². The monoisotopic (exact) mass is 235 g/mol. The fourth-order valence-electron chi connectivity index (χ4n) is 1.90. The van der Waals surface area contributed by atoms with Gasteiger partial charge < -0.3 is 10.3 Å². The van der Waals surface area contributed by atoms with Crippen LogP contribution in [0.3, 0.4) is 0 Å². The van der Waals surface area contributed by atoms with Crippen LogP contribution in [0.2, 0.25) is 0 Å². The topological polar surface area (TPSA) is 43.8 Å². The molecule has 1 atom stereocenters. The minimum atomic E-state index is 0.657. The highest BCUT2D eigenvalue weighted by Gasteiger charge is 2.06. The Morgan fingerprint density at radius 2 is 2.31 bits per heavy atom. The average molecular weight is 235 g/mol.